The second-order valence-electron chi connectivity index (χ2n) is 8.76. The Kier molecular flexibility index (Phi) is 4.89. The third-order valence-electron chi connectivity index (χ3n) is 5.97. The molecule has 0 bridgehead atoms. The molecule has 3 aliphatic rings. The number of aromatic nitrogens is 4. The number of nitrogens with one attached hydrogen (secondary N) is 1. The lowest BCUT2D eigenvalue weighted by molar-refractivity contribution is 0.610. The summed E-state index contributed by atoms with van der Waals surface area (Å²) in [5.41, 5.74) is 1.89. The summed E-state index contributed by atoms with van der Waals surface area (Å²) in [6.07, 6.45) is 7.51. The predicted octanol–water partition coefficient (Wildman–Crippen LogP) is 4.25. The van der Waals surface area contributed by atoms with E-state index >= 15 is 0 Å². The van der Waals surface area contributed by atoms with Gasteiger partial charge in [-0.25, -0.2) is 9.98 Å². The lowest BCUT2D eigenvalue weighted by atomic mass is 10.2. The minimum absolute atomic E-state index is 0.333. The summed E-state index contributed by atoms with van der Waals surface area (Å²) in [6, 6.07) is 6.38. The van der Waals surface area contributed by atoms with Crippen molar-refractivity contribution in [2.24, 2.45) is 16.8 Å². The first kappa shape index (κ1) is 18.5. The van der Waals surface area contributed by atoms with Gasteiger partial charge >= 0.3 is 0 Å². The topological polar surface area (TPSA) is 79.2 Å². The van der Waals surface area contributed by atoms with E-state index in [0.717, 1.165) is 42.7 Å². The van der Waals surface area contributed by atoms with Crippen LogP contribution in [0, 0.1) is 11.8 Å². The molecule has 152 valence electrons. The highest BCUT2D eigenvalue weighted by atomic mass is 15.2. The van der Waals surface area contributed by atoms with Crippen LogP contribution in [0.25, 0.3) is 11.5 Å². The Morgan fingerprint density at radius 2 is 1.97 bits per heavy atom. The van der Waals surface area contributed by atoms with Crippen LogP contribution in [0.4, 0.5) is 17.7 Å². The zero-order chi connectivity index (χ0) is 19.8. The van der Waals surface area contributed by atoms with Crippen molar-refractivity contribution in [2.75, 3.05) is 23.3 Å². The van der Waals surface area contributed by atoms with Gasteiger partial charge in [0.05, 0.1) is 0 Å². The quantitative estimate of drug-likeness (QED) is 0.678. The zero-order valence-corrected chi connectivity index (χ0v) is 17.3. The van der Waals surface area contributed by atoms with Crippen LogP contribution in [0.5, 0.6) is 0 Å². The van der Waals surface area contributed by atoms with Crippen molar-refractivity contribution in [1.29, 1.82) is 0 Å². The fraction of sp³-hybridized carbons (Fsp3) is 0.591. The Morgan fingerprint density at radius 1 is 1.14 bits per heavy atom. The van der Waals surface area contributed by atoms with Gasteiger partial charge in [0.15, 0.2) is 5.82 Å². The molecule has 2 aliphatic carbocycles. The smallest absolute Gasteiger partial charge is 0.254 e. The Hall–Kier alpha value is -2.57. The first-order chi connectivity index (χ1) is 14.1. The molecule has 1 saturated heterocycles. The molecule has 1 aliphatic heterocycles. The van der Waals surface area contributed by atoms with Gasteiger partial charge in [-0.1, -0.05) is 18.9 Å². The fourth-order valence-corrected chi connectivity index (χ4v) is 3.75. The summed E-state index contributed by atoms with van der Waals surface area (Å²) in [7, 11) is 0. The number of pyridine rings is 1. The Balaban J connectivity index is 1.45. The van der Waals surface area contributed by atoms with Crippen molar-refractivity contribution in [3.8, 4) is 11.5 Å². The minimum atomic E-state index is 0.333. The van der Waals surface area contributed by atoms with Crippen molar-refractivity contribution >= 4 is 23.4 Å². The Morgan fingerprint density at radius 3 is 2.66 bits per heavy atom. The van der Waals surface area contributed by atoms with Crippen LogP contribution < -0.4 is 10.2 Å². The van der Waals surface area contributed by atoms with Crippen molar-refractivity contribution < 1.29 is 0 Å². The second kappa shape index (κ2) is 7.69. The molecule has 2 aromatic rings. The lowest BCUT2D eigenvalue weighted by Crippen LogP contribution is -2.37. The molecule has 29 heavy (non-hydrogen) atoms. The standard InChI is InChI=1S/C22H29N7/c1-14(13-16-7-8-16)23-21-26-20(27-22(28-21)24-15(2)17-9-10-17)18-5-3-6-19(25-18)29-11-4-12-29/h3,5-6,14,16-17H,4,7-13H2,1-2H3,(H,23,26,27,28)/b24-15+/t14-/m1/s1. The number of hydrogen-bond acceptors (Lipinski definition) is 7. The van der Waals surface area contributed by atoms with E-state index < -0.39 is 0 Å². The van der Waals surface area contributed by atoms with Gasteiger partial charge in [-0.2, -0.15) is 15.0 Å². The average molecular weight is 392 g/mol. The van der Waals surface area contributed by atoms with Crippen LogP contribution in [0.1, 0.15) is 52.4 Å². The molecule has 2 aromatic heterocycles. The fourth-order valence-electron chi connectivity index (χ4n) is 3.75. The average Bonchev–Trinajstić information content (AvgIpc) is 3.54. The molecule has 7 nitrogen and oxygen atoms in total. The zero-order valence-electron chi connectivity index (χ0n) is 17.3. The molecule has 0 spiro atoms. The number of hydrogen-bond donors (Lipinski definition) is 1. The third kappa shape index (κ3) is 4.54. The van der Waals surface area contributed by atoms with Crippen LogP contribution in [0.3, 0.4) is 0 Å². The van der Waals surface area contributed by atoms with Gasteiger partial charge in [-0.3, -0.25) is 0 Å². The molecule has 3 heterocycles. The van der Waals surface area contributed by atoms with E-state index in [1.807, 2.05) is 12.1 Å². The number of rotatable bonds is 8. The minimum Gasteiger partial charge on any atom is -0.356 e. The van der Waals surface area contributed by atoms with Gasteiger partial charge in [0, 0.05) is 24.8 Å². The summed E-state index contributed by atoms with van der Waals surface area (Å²) in [6.45, 7) is 6.40. The van der Waals surface area contributed by atoms with Crippen LogP contribution in [-0.2, 0) is 0 Å². The van der Waals surface area contributed by atoms with Crippen LogP contribution in [0.2, 0.25) is 0 Å². The summed E-state index contributed by atoms with van der Waals surface area (Å²) in [5.74, 6) is 4.10. The molecule has 0 radical (unpaired) electrons. The van der Waals surface area contributed by atoms with E-state index in [0.29, 0.717) is 29.7 Å². The maximum Gasteiger partial charge on any atom is 0.254 e. The van der Waals surface area contributed by atoms with Crippen molar-refractivity contribution in [3.63, 3.8) is 0 Å². The molecule has 3 fully saturated rings. The van der Waals surface area contributed by atoms with Gasteiger partial charge in [0.2, 0.25) is 5.95 Å². The molecule has 2 saturated carbocycles. The largest absolute Gasteiger partial charge is 0.356 e. The van der Waals surface area contributed by atoms with Gasteiger partial charge in [0.25, 0.3) is 5.95 Å². The van der Waals surface area contributed by atoms with E-state index in [-0.39, 0.29) is 0 Å². The van der Waals surface area contributed by atoms with Crippen molar-refractivity contribution in [2.45, 2.75) is 58.4 Å². The van der Waals surface area contributed by atoms with Crippen LogP contribution in [-0.4, -0.2) is 44.8 Å². The molecule has 7 heteroatoms. The van der Waals surface area contributed by atoms with Gasteiger partial charge in [-0.05, 0) is 63.5 Å². The summed E-state index contributed by atoms with van der Waals surface area (Å²) >= 11 is 0. The monoisotopic (exact) mass is 391 g/mol. The summed E-state index contributed by atoms with van der Waals surface area (Å²) < 4.78 is 0. The molecule has 0 unspecified atom stereocenters. The van der Waals surface area contributed by atoms with Gasteiger partial charge < -0.3 is 10.2 Å². The molecule has 1 atom stereocenters. The van der Waals surface area contributed by atoms with Crippen LogP contribution in [0.15, 0.2) is 23.2 Å². The van der Waals surface area contributed by atoms with Gasteiger partial charge in [0.1, 0.15) is 11.5 Å². The SMILES string of the molecule is C/C(=N\c1nc(N[C@H](C)CC2CC2)nc(-c2cccc(N3CCC3)n2)n1)C1CC1. The van der Waals surface area contributed by atoms with Crippen molar-refractivity contribution in [3.05, 3.63) is 18.2 Å². The number of anilines is 2. The first-order valence-electron chi connectivity index (χ1n) is 10.9. The van der Waals surface area contributed by atoms with E-state index in [4.69, 9.17) is 15.0 Å². The molecule has 1 N–H and O–H groups in total. The third-order valence-corrected chi connectivity index (χ3v) is 5.97. The first-order valence-corrected chi connectivity index (χ1v) is 10.9. The highest BCUT2D eigenvalue weighted by Gasteiger charge is 2.26. The summed E-state index contributed by atoms with van der Waals surface area (Å²) in [5, 5.41) is 3.47. The maximum absolute atomic E-state index is 4.81. The van der Waals surface area contributed by atoms with E-state index in [9.17, 15) is 0 Å². The molecule has 5 rings (SSSR count). The molecular weight excluding hydrogens is 362 g/mol. The molecule has 0 amide bonds. The molecule has 0 aromatic carbocycles. The van der Waals surface area contributed by atoms with E-state index in [1.54, 1.807) is 0 Å². The highest BCUT2D eigenvalue weighted by Crippen LogP contribution is 2.34. The normalized spacial score (nSPS) is 20.3. The number of aliphatic imine (C=N–C) groups is 1. The Labute approximate surface area is 172 Å². The summed E-state index contributed by atoms with van der Waals surface area (Å²) in [4.78, 5) is 25.7. The van der Waals surface area contributed by atoms with Crippen molar-refractivity contribution in [1.82, 2.24) is 19.9 Å². The van der Waals surface area contributed by atoms with Crippen LogP contribution >= 0.6 is 0 Å². The maximum atomic E-state index is 4.81. The molecular formula is C22H29N7. The predicted molar refractivity (Wildman–Crippen MR) is 116 cm³/mol. The highest BCUT2D eigenvalue weighted by molar-refractivity contribution is 5.88. The van der Waals surface area contributed by atoms with E-state index in [1.165, 1.54) is 32.1 Å². The number of nitrogens with zero attached hydrogens (tertiary/aromatic N) is 6. The van der Waals surface area contributed by atoms with E-state index in [2.05, 4.69) is 40.1 Å². The lowest BCUT2D eigenvalue weighted by Gasteiger charge is -2.32. The van der Waals surface area contributed by atoms with Gasteiger partial charge in [-0.15, -0.1) is 0 Å². The second-order valence-corrected chi connectivity index (χ2v) is 8.76. The Bertz CT molecular complexity index is 913.